The Morgan fingerprint density at radius 3 is 2.34 bits per heavy atom. The summed E-state index contributed by atoms with van der Waals surface area (Å²) in [4.78, 5) is 0. The highest BCUT2D eigenvalue weighted by atomic mass is 127. The van der Waals surface area contributed by atoms with E-state index in [4.69, 9.17) is 0 Å². The summed E-state index contributed by atoms with van der Waals surface area (Å²) in [5.41, 5.74) is 3.38. The monoisotopic (exact) mass is 576 g/mol. The van der Waals surface area contributed by atoms with Crippen molar-refractivity contribution in [1.29, 1.82) is 0 Å². The first-order chi connectivity index (χ1) is 14.2. The molecule has 7 heteroatoms. The SMILES string of the molecule is Brc1ccc(CSc2nnc(CNc3ccc(I)cc3)n2-c2ccccc2)cc1. The summed E-state index contributed by atoms with van der Waals surface area (Å²) >= 11 is 7.49. The summed E-state index contributed by atoms with van der Waals surface area (Å²) in [7, 11) is 0. The standard InChI is InChI=1S/C22H18BrIN4S/c23-17-8-6-16(7-9-17)15-29-22-27-26-21(28(22)20-4-2-1-3-5-20)14-25-19-12-10-18(24)11-13-19/h1-13,25H,14-15H2. The van der Waals surface area contributed by atoms with E-state index in [2.05, 4.69) is 119 Å². The van der Waals surface area contributed by atoms with Crippen LogP contribution in [0.25, 0.3) is 5.69 Å². The largest absolute Gasteiger partial charge is 0.378 e. The molecule has 0 bridgehead atoms. The minimum atomic E-state index is 0.599. The molecule has 4 nitrogen and oxygen atoms in total. The first-order valence-corrected chi connectivity index (χ1v) is 11.9. The molecule has 1 N–H and O–H groups in total. The Kier molecular flexibility index (Phi) is 6.89. The van der Waals surface area contributed by atoms with Gasteiger partial charge in [0.2, 0.25) is 0 Å². The van der Waals surface area contributed by atoms with Gasteiger partial charge in [0.25, 0.3) is 0 Å². The zero-order valence-electron chi connectivity index (χ0n) is 15.4. The molecule has 29 heavy (non-hydrogen) atoms. The predicted molar refractivity (Wildman–Crippen MR) is 132 cm³/mol. The number of hydrogen-bond donors (Lipinski definition) is 1. The maximum absolute atomic E-state index is 4.48. The van der Waals surface area contributed by atoms with Gasteiger partial charge in [-0.05, 0) is 76.7 Å². The van der Waals surface area contributed by atoms with Crippen LogP contribution in [0.2, 0.25) is 0 Å². The topological polar surface area (TPSA) is 42.7 Å². The molecule has 146 valence electrons. The van der Waals surface area contributed by atoms with E-state index in [0.29, 0.717) is 6.54 Å². The number of aromatic nitrogens is 3. The van der Waals surface area contributed by atoms with Crippen LogP contribution in [0.5, 0.6) is 0 Å². The molecule has 0 saturated carbocycles. The summed E-state index contributed by atoms with van der Waals surface area (Å²) in [6.07, 6.45) is 0. The molecule has 1 aromatic heterocycles. The highest BCUT2D eigenvalue weighted by molar-refractivity contribution is 14.1. The summed E-state index contributed by atoms with van der Waals surface area (Å²) in [6, 6.07) is 27.0. The number of para-hydroxylation sites is 1. The molecule has 0 saturated heterocycles. The van der Waals surface area contributed by atoms with Gasteiger partial charge < -0.3 is 5.32 Å². The Morgan fingerprint density at radius 2 is 1.62 bits per heavy atom. The van der Waals surface area contributed by atoms with Crippen LogP contribution in [0.4, 0.5) is 5.69 Å². The molecule has 4 aromatic rings. The molecule has 1 heterocycles. The van der Waals surface area contributed by atoms with E-state index in [9.17, 15) is 0 Å². The van der Waals surface area contributed by atoms with E-state index < -0.39 is 0 Å². The van der Waals surface area contributed by atoms with Gasteiger partial charge >= 0.3 is 0 Å². The zero-order valence-corrected chi connectivity index (χ0v) is 20.0. The number of thioether (sulfide) groups is 1. The highest BCUT2D eigenvalue weighted by Crippen LogP contribution is 2.26. The van der Waals surface area contributed by atoms with Gasteiger partial charge in [-0.1, -0.05) is 58.0 Å². The van der Waals surface area contributed by atoms with Crippen LogP contribution in [0, 0.1) is 3.57 Å². The second-order valence-electron chi connectivity index (χ2n) is 6.35. The van der Waals surface area contributed by atoms with Crippen molar-refractivity contribution in [2.24, 2.45) is 0 Å². The lowest BCUT2D eigenvalue weighted by Crippen LogP contribution is -2.08. The second-order valence-corrected chi connectivity index (χ2v) is 9.45. The van der Waals surface area contributed by atoms with Gasteiger partial charge in [-0.25, -0.2) is 0 Å². The molecule has 0 spiro atoms. The van der Waals surface area contributed by atoms with Crippen LogP contribution in [-0.4, -0.2) is 14.8 Å². The van der Waals surface area contributed by atoms with Crippen LogP contribution in [-0.2, 0) is 12.3 Å². The molecule has 3 aromatic carbocycles. The number of anilines is 1. The van der Waals surface area contributed by atoms with Gasteiger partial charge in [-0.2, -0.15) is 0 Å². The Hall–Kier alpha value is -1.84. The van der Waals surface area contributed by atoms with Crippen molar-refractivity contribution in [2.45, 2.75) is 17.5 Å². The van der Waals surface area contributed by atoms with Gasteiger partial charge in [-0.15, -0.1) is 10.2 Å². The molecular weight excluding hydrogens is 559 g/mol. The fraction of sp³-hybridized carbons (Fsp3) is 0.0909. The lowest BCUT2D eigenvalue weighted by atomic mass is 10.2. The number of hydrogen-bond acceptors (Lipinski definition) is 4. The Balaban J connectivity index is 1.56. The van der Waals surface area contributed by atoms with E-state index in [-0.39, 0.29) is 0 Å². The molecule has 0 radical (unpaired) electrons. The summed E-state index contributed by atoms with van der Waals surface area (Å²) < 4.78 is 4.43. The number of rotatable bonds is 7. The molecule has 0 unspecified atom stereocenters. The van der Waals surface area contributed by atoms with Crippen molar-refractivity contribution < 1.29 is 0 Å². The Morgan fingerprint density at radius 1 is 0.897 bits per heavy atom. The smallest absolute Gasteiger partial charge is 0.196 e. The molecule has 0 aliphatic rings. The van der Waals surface area contributed by atoms with Gasteiger partial charge in [0, 0.05) is 25.2 Å². The number of benzene rings is 3. The van der Waals surface area contributed by atoms with Gasteiger partial charge in [0.1, 0.15) is 0 Å². The van der Waals surface area contributed by atoms with Crippen molar-refractivity contribution in [1.82, 2.24) is 14.8 Å². The van der Waals surface area contributed by atoms with Crippen LogP contribution >= 0.6 is 50.3 Å². The minimum Gasteiger partial charge on any atom is -0.378 e. The van der Waals surface area contributed by atoms with E-state index in [1.807, 2.05) is 18.2 Å². The third kappa shape index (κ3) is 5.40. The lowest BCUT2D eigenvalue weighted by Gasteiger charge is -2.11. The van der Waals surface area contributed by atoms with Gasteiger partial charge in [0.15, 0.2) is 11.0 Å². The lowest BCUT2D eigenvalue weighted by molar-refractivity contribution is 0.841. The first kappa shape index (κ1) is 20.4. The number of nitrogens with one attached hydrogen (secondary N) is 1. The van der Waals surface area contributed by atoms with Crippen molar-refractivity contribution in [3.8, 4) is 5.69 Å². The highest BCUT2D eigenvalue weighted by Gasteiger charge is 2.14. The maximum Gasteiger partial charge on any atom is 0.196 e. The molecule has 0 atom stereocenters. The van der Waals surface area contributed by atoms with Crippen molar-refractivity contribution in [3.05, 3.63) is 98.3 Å². The summed E-state index contributed by atoms with van der Waals surface area (Å²) in [5.74, 6) is 1.72. The van der Waals surface area contributed by atoms with E-state index in [1.165, 1.54) is 9.13 Å². The maximum atomic E-state index is 4.48. The second kappa shape index (κ2) is 9.77. The average molecular weight is 577 g/mol. The van der Waals surface area contributed by atoms with E-state index in [0.717, 1.165) is 32.6 Å². The van der Waals surface area contributed by atoms with Crippen molar-refractivity contribution in [2.75, 3.05) is 5.32 Å². The Bertz CT molecular complexity index is 999. The van der Waals surface area contributed by atoms with E-state index in [1.54, 1.807) is 11.8 Å². The molecule has 0 aliphatic carbocycles. The Labute approximate surface area is 196 Å². The molecule has 0 fully saturated rings. The van der Waals surface area contributed by atoms with Crippen LogP contribution < -0.4 is 5.32 Å². The molecule has 0 aliphatic heterocycles. The fourth-order valence-corrected chi connectivity index (χ4v) is 4.37. The number of nitrogens with zero attached hydrogens (tertiary/aromatic N) is 3. The predicted octanol–water partition coefficient (Wildman–Crippen LogP) is 6.54. The van der Waals surface area contributed by atoms with Crippen molar-refractivity contribution >= 4 is 56.0 Å². The van der Waals surface area contributed by atoms with Crippen LogP contribution in [0.1, 0.15) is 11.4 Å². The zero-order chi connectivity index (χ0) is 20.1. The summed E-state index contributed by atoms with van der Waals surface area (Å²) in [6.45, 7) is 0.599. The molecule has 4 rings (SSSR count). The van der Waals surface area contributed by atoms with Crippen LogP contribution in [0.3, 0.4) is 0 Å². The normalized spacial score (nSPS) is 10.8. The minimum absolute atomic E-state index is 0.599. The summed E-state index contributed by atoms with van der Waals surface area (Å²) in [5, 5.41) is 13.3. The quantitative estimate of drug-likeness (QED) is 0.200. The fourth-order valence-electron chi connectivity index (χ4n) is 2.82. The first-order valence-electron chi connectivity index (χ1n) is 9.05. The average Bonchev–Trinajstić information content (AvgIpc) is 3.16. The van der Waals surface area contributed by atoms with E-state index >= 15 is 0 Å². The third-order valence-electron chi connectivity index (χ3n) is 4.29. The molecular formula is C22H18BrIN4S. The van der Waals surface area contributed by atoms with Gasteiger partial charge in [0.05, 0.1) is 6.54 Å². The van der Waals surface area contributed by atoms with Gasteiger partial charge in [-0.3, -0.25) is 4.57 Å². The number of halogens is 2. The van der Waals surface area contributed by atoms with Crippen LogP contribution in [0.15, 0.2) is 88.5 Å². The molecule has 0 amide bonds. The third-order valence-corrected chi connectivity index (χ3v) is 6.54. The van der Waals surface area contributed by atoms with Crippen molar-refractivity contribution in [3.63, 3.8) is 0 Å².